The van der Waals surface area contributed by atoms with Gasteiger partial charge in [-0.3, -0.25) is 9.98 Å². The molecule has 0 atom stereocenters. The summed E-state index contributed by atoms with van der Waals surface area (Å²) in [6, 6.07) is 24.5. The van der Waals surface area contributed by atoms with Crippen LogP contribution in [0.25, 0.3) is 0 Å². The molecule has 3 aromatic rings. The summed E-state index contributed by atoms with van der Waals surface area (Å²) in [6.07, 6.45) is 3.75. The van der Waals surface area contributed by atoms with Crippen LogP contribution in [-0.2, 0) is 0 Å². The Morgan fingerprint density at radius 3 is 1.21 bits per heavy atom. The molecule has 3 rings (SSSR count). The van der Waals surface area contributed by atoms with Gasteiger partial charge in [-0.2, -0.15) is 0 Å². The Balaban J connectivity index is 1.77. The van der Waals surface area contributed by atoms with E-state index in [9.17, 15) is 0 Å². The Hall–Kier alpha value is -3.40. The van der Waals surface area contributed by atoms with Crippen molar-refractivity contribution in [2.45, 2.75) is 0 Å². The number of hydrogen-bond donors (Lipinski definition) is 0. The molecule has 0 heterocycles. The van der Waals surface area contributed by atoms with Crippen LogP contribution in [0.2, 0.25) is 0 Å². The highest BCUT2D eigenvalue weighted by Gasteiger charge is 1.99. The molecule has 0 fully saturated rings. The molecular formula is C24H26N4. The number of para-hydroxylation sites is 2. The van der Waals surface area contributed by atoms with Gasteiger partial charge >= 0.3 is 0 Å². The Kier molecular flexibility index (Phi) is 6.22. The van der Waals surface area contributed by atoms with Crippen molar-refractivity contribution in [2.24, 2.45) is 9.98 Å². The van der Waals surface area contributed by atoms with Gasteiger partial charge in [0, 0.05) is 52.0 Å². The van der Waals surface area contributed by atoms with E-state index >= 15 is 0 Å². The van der Waals surface area contributed by atoms with E-state index < -0.39 is 0 Å². The van der Waals surface area contributed by atoms with E-state index in [0.717, 1.165) is 22.5 Å². The zero-order valence-corrected chi connectivity index (χ0v) is 16.9. The Morgan fingerprint density at radius 2 is 0.893 bits per heavy atom. The average molecular weight is 371 g/mol. The van der Waals surface area contributed by atoms with Crippen LogP contribution in [0, 0.1) is 0 Å². The first-order chi connectivity index (χ1) is 13.5. The fraction of sp³-hybridized carbons (Fsp3) is 0.167. The van der Waals surface area contributed by atoms with Gasteiger partial charge in [0.1, 0.15) is 0 Å². The van der Waals surface area contributed by atoms with Crippen molar-refractivity contribution in [3.05, 3.63) is 83.9 Å². The number of rotatable bonds is 6. The van der Waals surface area contributed by atoms with Crippen molar-refractivity contribution in [1.82, 2.24) is 0 Å². The molecule has 4 nitrogen and oxygen atoms in total. The molecule has 0 aliphatic carbocycles. The van der Waals surface area contributed by atoms with Crippen molar-refractivity contribution in [1.29, 1.82) is 0 Å². The third kappa shape index (κ3) is 5.07. The van der Waals surface area contributed by atoms with Crippen LogP contribution in [0.4, 0.5) is 22.7 Å². The minimum Gasteiger partial charge on any atom is -0.378 e. The molecule has 0 saturated heterocycles. The first kappa shape index (κ1) is 19.4. The van der Waals surface area contributed by atoms with Crippen LogP contribution in [0.15, 0.2) is 82.8 Å². The Bertz CT molecular complexity index is 872. The number of anilines is 2. The monoisotopic (exact) mass is 370 g/mol. The second kappa shape index (κ2) is 9.00. The maximum absolute atomic E-state index is 4.64. The Labute approximate surface area is 167 Å². The lowest BCUT2D eigenvalue weighted by Crippen LogP contribution is -2.08. The summed E-state index contributed by atoms with van der Waals surface area (Å²) in [6.45, 7) is 0. The van der Waals surface area contributed by atoms with E-state index in [1.165, 1.54) is 11.4 Å². The second-order valence-corrected chi connectivity index (χ2v) is 6.98. The first-order valence-corrected chi connectivity index (χ1v) is 9.25. The van der Waals surface area contributed by atoms with Gasteiger partial charge < -0.3 is 9.80 Å². The molecule has 28 heavy (non-hydrogen) atoms. The van der Waals surface area contributed by atoms with Crippen LogP contribution in [-0.4, -0.2) is 40.6 Å². The lowest BCUT2D eigenvalue weighted by Gasteiger charge is -2.11. The van der Waals surface area contributed by atoms with E-state index in [1.807, 2.05) is 64.9 Å². The number of benzene rings is 3. The quantitative estimate of drug-likeness (QED) is 0.550. The van der Waals surface area contributed by atoms with Crippen LogP contribution in [0.5, 0.6) is 0 Å². The van der Waals surface area contributed by atoms with Crippen molar-refractivity contribution < 1.29 is 0 Å². The molecule has 4 heteroatoms. The molecule has 0 bridgehead atoms. The summed E-state index contributed by atoms with van der Waals surface area (Å²) in [5.74, 6) is 0. The summed E-state index contributed by atoms with van der Waals surface area (Å²) < 4.78 is 0. The summed E-state index contributed by atoms with van der Waals surface area (Å²) >= 11 is 0. The summed E-state index contributed by atoms with van der Waals surface area (Å²) in [7, 11) is 8.13. The van der Waals surface area contributed by atoms with E-state index in [-0.39, 0.29) is 0 Å². The fourth-order valence-corrected chi connectivity index (χ4v) is 2.69. The number of hydrogen-bond acceptors (Lipinski definition) is 4. The maximum Gasteiger partial charge on any atom is 0.0886 e. The normalized spacial score (nSPS) is 11.3. The predicted molar refractivity (Wildman–Crippen MR) is 122 cm³/mol. The topological polar surface area (TPSA) is 31.2 Å². The van der Waals surface area contributed by atoms with Crippen LogP contribution >= 0.6 is 0 Å². The SMILES string of the molecule is CN(C)c1ccc(C=Nc2ccccc2N=Cc2ccc(N(C)C)cc2)cc1. The van der Waals surface area contributed by atoms with E-state index in [4.69, 9.17) is 0 Å². The largest absolute Gasteiger partial charge is 0.378 e. The standard InChI is InChI=1S/C24H26N4/c1-27(2)21-13-9-19(10-14-21)17-25-23-7-5-6-8-24(23)26-18-20-11-15-22(16-12-20)28(3)4/h5-18H,1-4H3. The van der Waals surface area contributed by atoms with Crippen LogP contribution < -0.4 is 9.80 Å². The van der Waals surface area contributed by atoms with Gasteiger partial charge in [-0.1, -0.05) is 36.4 Å². The predicted octanol–water partition coefficient (Wildman–Crippen LogP) is 5.32. The minimum atomic E-state index is 0.848. The third-order valence-corrected chi connectivity index (χ3v) is 4.41. The first-order valence-electron chi connectivity index (χ1n) is 9.25. The van der Waals surface area contributed by atoms with E-state index in [1.54, 1.807) is 0 Å². The second-order valence-electron chi connectivity index (χ2n) is 6.98. The molecule has 0 saturated carbocycles. The van der Waals surface area contributed by atoms with Gasteiger partial charge in [0.2, 0.25) is 0 Å². The van der Waals surface area contributed by atoms with Gasteiger partial charge in [-0.25, -0.2) is 0 Å². The number of nitrogens with zero attached hydrogens (tertiary/aromatic N) is 4. The van der Waals surface area contributed by atoms with Crippen molar-refractivity contribution in [3.63, 3.8) is 0 Å². The highest BCUT2D eigenvalue weighted by molar-refractivity contribution is 5.87. The molecule has 0 radical (unpaired) electrons. The Morgan fingerprint density at radius 1 is 0.536 bits per heavy atom. The van der Waals surface area contributed by atoms with Crippen LogP contribution in [0.3, 0.4) is 0 Å². The molecular weight excluding hydrogens is 344 g/mol. The third-order valence-electron chi connectivity index (χ3n) is 4.41. The van der Waals surface area contributed by atoms with Gasteiger partial charge in [0.15, 0.2) is 0 Å². The van der Waals surface area contributed by atoms with Gasteiger partial charge in [-0.15, -0.1) is 0 Å². The number of aliphatic imine (C=N–C) groups is 2. The van der Waals surface area contributed by atoms with Crippen molar-refractivity contribution in [2.75, 3.05) is 38.0 Å². The highest BCUT2D eigenvalue weighted by atomic mass is 15.1. The van der Waals surface area contributed by atoms with E-state index in [0.29, 0.717) is 0 Å². The fourth-order valence-electron chi connectivity index (χ4n) is 2.69. The molecule has 0 unspecified atom stereocenters. The summed E-state index contributed by atoms with van der Waals surface area (Å²) in [5.41, 5.74) is 6.15. The average Bonchev–Trinajstić information content (AvgIpc) is 2.72. The molecule has 0 aliphatic heterocycles. The maximum atomic E-state index is 4.64. The molecule has 0 aromatic heterocycles. The molecule has 3 aromatic carbocycles. The van der Waals surface area contributed by atoms with Crippen molar-refractivity contribution in [3.8, 4) is 0 Å². The van der Waals surface area contributed by atoms with Gasteiger partial charge in [-0.05, 0) is 47.5 Å². The summed E-state index contributed by atoms with van der Waals surface area (Å²) in [4.78, 5) is 13.4. The lowest BCUT2D eigenvalue weighted by atomic mass is 10.2. The van der Waals surface area contributed by atoms with E-state index in [2.05, 4.69) is 68.3 Å². The van der Waals surface area contributed by atoms with Crippen molar-refractivity contribution >= 4 is 35.2 Å². The minimum absolute atomic E-state index is 0.848. The molecule has 0 aliphatic rings. The molecule has 0 amide bonds. The smallest absolute Gasteiger partial charge is 0.0886 e. The molecule has 0 spiro atoms. The zero-order chi connectivity index (χ0) is 19.9. The highest BCUT2D eigenvalue weighted by Crippen LogP contribution is 2.27. The van der Waals surface area contributed by atoms with Crippen LogP contribution in [0.1, 0.15) is 11.1 Å². The molecule has 0 N–H and O–H groups in total. The zero-order valence-electron chi connectivity index (χ0n) is 16.9. The van der Waals surface area contributed by atoms with Gasteiger partial charge in [0.25, 0.3) is 0 Å². The summed E-state index contributed by atoms with van der Waals surface area (Å²) in [5, 5.41) is 0. The lowest BCUT2D eigenvalue weighted by molar-refractivity contribution is 1.13. The van der Waals surface area contributed by atoms with Gasteiger partial charge in [0.05, 0.1) is 11.4 Å². The molecule has 142 valence electrons.